The van der Waals surface area contributed by atoms with Crippen LogP contribution in [0.25, 0.3) is 0 Å². The Hall–Kier alpha value is -0.570. The van der Waals surface area contributed by atoms with Gasteiger partial charge < -0.3 is 9.47 Å². The van der Waals surface area contributed by atoms with Crippen LogP contribution in [-0.2, 0) is 14.3 Å². The normalized spacial score (nSPS) is 17.8. The van der Waals surface area contributed by atoms with Crippen molar-refractivity contribution in [3.8, 4) is 0 Å². The topological polar surface area (TPSA) is 35.5 Å². The van der Waals surface area contributed by atoms with Crippen LogP contribution < -0.4 is 0 Å². The standard InChI is InChI=1S/C19H36O3/c1-2-3-4-5-6-7-8-9-10-11-12-13-14-19(20)22-18-15-16-21-17-18/h18H,2-17H2,1H3. The molecular weight excluding hydrogens is 276 g/mol. The van der Waals surface area contributed by atoms with Crippen LogP contribution in [0.5, 0.6) is 0 Å². The molecule has 22 heavy (non-hydrogen) atoms. The summed E-state index contributed by atoms with van der Waals surface area (Å²) in [6.45, 7) is 3.59. The van der Waals surface area contributed by atoms with Gasteiger partial charge in [0.15, 0.2) is 0 Å². The van der Waals surface area contributed by atoms with Gasteiger partial charge in [-0.05, 0) is 6.42 Å². The Morgan fingerprint density at radius 1 is 0.909 bits per heavy atom. The molecule has 0 aromatic heterocycles. The lowest BCUT2D eigenvalue weighted by atomic mass is 10.0. The third kappa shape index (κ3) is 11.1. The summed E-state index contributed by atoms with van der Waals surface area (Å²) in [7, 11) is 0. The summed E-state index contributed by atoms with van der Waals surface area (Å²) in [6.07, 6.45) is 17.3. The molecule has 0 aromatic rings. The molecule has 1 atom stereocenters. The van der Waals surface area contributed by atoms with E-state index in [0.717, 1.165) is 25.9 Å². The first-order valence-electron chi connectivity index (χ1n) is 9.60. The molecule has 1 fully saturated rings. The lowest BCUT2D eigenvalue weighted by Gasteiger charge is -2.09. The number of ether oxygens (including phenoxy) is 2. The molecular formula is C19H36O3. The van der Waals surface area contributed by atoms with Gasteiger partial charge in [-0.25, -0.2) is 0 Å². The Kier molecular flexibility index (Phi) is 12.4. The number of rotatable bonds is 14. The monoisotopic (exact) mass is 312 g/mol. The predicted octanol–water partition coefficient (Wildman–Crippen LogP) is 5.41. The molecule has 0 aliphatic carbocycles. The van der Waals surface area contributed by atoms with Gasteiger partial charge in [0.2, 0.25) is 0 Å². The van der Waals surface area contributed by atoms with Gasteiger partial charge in [-0.1, -0.05) is 77.6 Å². The molecule has 3 heteroatoms. The maximum absolute atomic E-state index is 11.6. The van der Waals surface area contributed by atoms with Gasteiger partial charge in [0.25, 0.3) is 0 Å². The molecule has 1 saturated heterocycles. The minimum absolute atomic E-state index is 0.0184. The fourth-order valence-electron chi connectivity index (χ4n) is 2.96. The minimum Gasteiger partial charge on any atom is -0.460 e. The van der Waals surface area contributed by atoms with E-state index in [0.29, 0.717) is 13.0 Å². The van der Waals surface area contributed by atoms with Gasteiger partial charge in [0, 0.05) is 12.8 Å². The summed E-state index contributed by atoms with van der Waals surface area (Å²) in [5.41, 5.74) is 0. The van der Waals surface area contributed by atoms with E-state index in [-0.39, 0.29) is 12.1 Å². The number of hydrogen-bond donors (Lipinski definition) is 0. The van der Waals surface area contributed by atoms with Crippen LogP contribution in [-0.4, -0.2) is 25.3 Å². The van der Waals surface area contributed by atoms with Gasteiger partial charge in [0.05, 0.1) is 13.2 Å². The highest BCUT2D eigenvalue weighted by Gasteiger charge is 2.19. The summed E-state index contributed by atoms with van der Waals surface area (Å²) >= 11 is 0. The number of carbonyl (C=O) groups is 1. The number of carbonyl (C=O) groups excluding carboxylic acids is 1. The van der Waals surface area contributed by atoms with Crippen LogP contribution >= 0.6 is 0 Å². The Morgan fingerprint density at radius 2 is 1.45 bits per heavy atom. The molecule has 1 aliphatic heterocycles. The zero-order valence-electron chi connectivity index (χ0n) is 14.6. The molecule has 3 nitrogen and oxygen atoms in total. The maximum atomic E-state index is 11.6. The fourth-order valence-corrected chi connectivity index (χ4v) is 2.96. The van der Waals surface area contributed by atoms with Crippen molar-refractivity contribution in [3.63, 3.8) is 0 Å². The van der Waals surface area contributed by atoms with E-state index in [2.05, 4.69) is 6.92 Å². The summed E-state index contributed by atoms with van der Waals surface area (Å²) in [6, 6.07) is 0. The van der Waals surface area contributed by atoms with Crippen molar-refractivity contribution in [1.82, 2.24) is 0 Å². The summed E-state index contributed by atoms with van der Waals surface area (Å²) in [5.74, 6) is -0.0393. The van der Waals surface area contributed by atoms with Crippen molar-refractivity contribution in [2.45, 2.75) is 103 Å². The molecule has 0 spiro atoms. The molecule has 0 amide bonds. The van der Waals surface area contributed by atoms with Crippen molar-refractivity contribution >= 4 is 5.97 Å². The highest BCUT2D eigenvalue weighted by Crippen LogP contribution is 2.14. The van der Waals surface area contributed by atoms with E-state index in [1.807, 2.05) is 0 Å². The number of esters is 1. The zero-order chi connectivity index (χ0) is 15.9. The van der Waals surface area contributed by atoms with Crippen LogP contribution in [0.15, 0.2) is 0 Å². The van der Waals surface area contributed by atoms with Crippen LogP contribution in [0, 0.1) is 0 Å². The van der Waals surface area contributed by atoms with Crippen LogP contribution in [0.3, 0.4) is 0 Å². The van der Waals surface area contributed by atoms with Gasteiger partial charge in [0.1, 0.15) is 6.10 Å². The van der Waals surface area contributed by atoms with Crippen molar-refractivity contribution in [1.29, 1.82) is 0 Å². The molecule has 0 N–H and O–H groups in total. The van der Waals surface area contributed by atoms with Crippen molar-refractivity contribution in [2.75, 3.05) is 13.2 Å². The summed E-state index contributed by atoms with van der Waals surface area (Å²) in [5, 5.41) is 0. The second kappa shape index (κ2) is 14.0. The van der Waals surface area contributed by atoms with Crippen molar-refractivity contribution in [3.05, 3.63) is 0 Å². The minimum atomic E-state index is -0.0393. The average molecular weight is 312 g/mol. The largest absolute Gasteiger partial charge is 0.460 e. The predicted molar refractivity (Wildman–Crippen MR) is 91.0 cm³/mol. The van der Waals surface area contributed by atoms with Gasteiger partial charge in [-0.2, -0.15) is 0 Å². The van der Waals surface area contributed by atoms with E-state index in [1.165, 1.54) is 64.2 Å². The van der Waals surface area contributed by atoms with E-state index in [4.69, 9.17) is 9.47 Å². The van der Waals surface area contributed by atoms with Crippen LogP contribution in [0.1, 0.15) is 96.8 Å². The molecule has 0 radical (unpaired) electrons. The van der Waals surface area contributed by atoms with E-state index in [9.17, 15) is 4.79 Å². The first-order chi connectivity index (χ1) is 10.8. The zero-order valence-corrected chi connectivity index (χ0v) is 14.6. The molecule has 1 unspecified atom stereocenters. The smallest absolute Gasteiger partial charge is 0.306 e. The third-order valence-corrected chi connectivity index (χ3v) is 4.42. The Labute approximate surface area is 137 Å². The van der Waals surface area contributed by atoms with Gasteiger partial charge in [-0.15, -0.1) is 0 Å². The molecule has 0 bridgehead atoms. The first kappa shape index (κ1) is 19.5. The fraction of sp³-hybridized carbons (Fsp3) is 0.947. The highest BCUT2D eigenvalue weighted by molar-refractivity contribution is 5.69. The van der Waals surface area contributed by atoms with E-state index < -0.39 is 0 Å². The first-order valence-corrected chi connectivity index (χ1v) is 9.60. The third-order valence-electron chi connectivity index (χ3n) is 4.42. The lowest BCUT2D eigenvalue weighted by molar-refractivity contribution is -0.149. The lowest BCUT2D eigenvalue weighted by Crippen LogP contribution is -2.17. The van der Waals surface area contributed by atoms with E-state index in [1.54, 1.807) is 0 Å². The quantitative estimate of drug-likeness (QED) is 0.318. The van der Waals surface area contributed by atoms with E-state index >= 15 is 0 Å². The molecule has 0 saturated carbocycles. The molecule has 1 aliphatic rings. The Bertz CT molecular complexity index is 259. The van der Waals surface area contributed by atoms with Crippen molar-refractivity contribution < 1.29 is 14.3 Å². The Balaban J connectivity index is 1.75. The summed E-state index contributed by atoms with van der Waals surface area (Å²) < 4.78 is 10.5. The number of hydrogen-bond acceptors (Lipinski definition) is 3. The van der Waals surface area contributed by atoms with Gasteiger partial charge >= 0.3 is 5.97 Å². The molecule has 1 rings (SSSR count). The SMILES string of the molecule is CCCCCCCCCCCCCCC(=O)OC1CCOC1. The molecule has 1 heterocycles. The van der Waals surface area contributed by atoms with Crippen LogP contribution in [0.4, 0.5) is 0 Å². The second-order valence-corrected chi connectivity index (χ2v) is 6.61. The second-order valence-electron chi connectivity index (χ2n) is 6.61. The molecule has 0 aromatic carbocycles. The number of unbranched alkanes of at least 4 members (excludes halogenated alkanes) is 11. The average Bonchev–Trinajstić information content (AvgIpc) is 3.01. The maximum Gasteiger partial charge on any atom is 0.306 e. The van der Waals surface area contributed by atoms with Crippen molar-refractivity contribution in [2.24, 2.45) is 0 Å². The molecule has 130 valence electrons. The van der Waals surface area contributed by atoms with Crippen LogP contribution in [0.2, 0.25) is 0 Å². The summed E-state index contributed by atoms with van der Waals surface area (Å²) in [4.78, 5) is 11.6. The van der Waals surface area contributed by atoms with Gasteiger partial charge in [-0.3, -0.25) is 4.79 Å². The Morgan fingerprint density at radius 3 is 1.95 bits per heavy atom. The highest BCUT2D eigenvalue weighted by atomic mass is 16.6.